The van der Waals surface area contributed by atoms with Gasteiger partial charge in [-0.3, -0.25) is 9.59 Å². The van der Waals surface area contributed by atoms with E-state index in [0.29, 0.717) is 21.9 Å². The van der Waals surface area contributed by atoms with Crippen molar-refractivity contribution in [3.8, 4) is 5.69 Å². The summed E-state index contributed by atoms with van der Waals surface area (Å²) in [4.78, 5) is 26.2. The number of halogens is 2. The highest BCUT2D eigenvalue weighted by molar-refractivity contribution is 6.43. The Morgan fingerprint density at radius 3 is 2.32 bits per heavy atom. The fourth-order valence-electron chi connectivity index (χ4n) is 6.13. The van der Waals surface area contributed by atoms with Gasteiger partial charge in [0.15, 0.2) is 0 Å². The van der Waals surface area contributed by atoms with Gasteiger partial charge >= 0.3 is 0 Å². The number of aromatic nitrogens is 1. The molecule has 4 aliphatic carbocycles. The van der Waals surface area contributed by atoms with Crippen LogP contribution in [0, 0.1) is 49.4 Å². The summed E-state index contributed by atoms with van der Waals surface area (Å²) in [5.41, 5.74) is 3.47. The highest BCUT2D eigenvalue weighted by atomic mass is 35.5. The number of carbonyl (C=O) groups excluding carboxylic acids is 2. The van der Waals surface area contributed by atoms with E-state index in [2.05, 4.69) is 17.3 Å². The number of carbonyl (C=O) groups is 2. The summed E-state index contributed by atoms with van der Waals surface area (Å²) in [6.45, 7) is 3.93. The van der Waals surface area contributed by atoms with E-state index in [-0.39, 0.29) is 35.5 Å². The minimum Gasteiger partial charge on any atom is -0.316 e. The lowest BCUT2D eigenvalue weighted by molar-refractivity contribution is -0.140. The van der Waals surface area contributed by atoms with Gasteiger partial charge in [-0.2, -0.15) is 10.1 Å². The number of benzene rings is 1. The number of nitrogens with zero attached hydrogens (tertiary/aromatic N) is 3. The first kappa shape index (κ1) is 19.3. The molecule has 1 aliphatic heterocycles. The first-order valence-corrected chi connectivity index (χ1v) is 11.4. The summed E-state index contributed by atoms with van der Waals surface area (Å²) >= 11 is 12.6. The number of rotatable bonds is 3. The van der Waals surface area contributed by atoms with E-state index in [1.165, 1.54) is 0 Å². The molecule has 2 bridgehead atoms. The van der Waals surface area contributed by atoms with Crippen molar-refractivity contribution in [1.82, 2.24) is 9.58 Å². The average molecular weight is 454 g/mol. The molecule has 2 heterocycles. The second kappa shape index (κ2) is 6.57. The molecule has 1 aromatic heterocycles. The fourth-order valence-corrected chi connectivity index (χ4v) is 6.51. The monoisotopic (exact) mass is 453 g/mol. The van der Waals surface area contributed by atoms with Crippen LogP contribution in [-0.2, 0) is 9.59 Å². The molecule has 2 saturated carbocycles. The molecule has 31 heavy (non-hydrogen) atoms. The molecule has 6 atom stereocenters. The molecule has 5 nitrogen and oxygen atoms in total. The lowest BCUT2D eigenvalue weighted by atomic mass is 9.63. The minimum atomic E-state index is -0.235. The van der Waals surface area contributed by atoms with Crippen LogP contribution in [-0.4, -0.2) is 27.6 Å². The molecule has 5 aliphatic rings. The summed E-state index contributed by atoms with van der Waals surface area (Å²) in [5.74, 6) is 0.794. The molecule has 0 radical (unpaired) electrons. The van der Waals surface area contributed by atoms with E-state index in [1.807, 2.05) is 36.6 Å². The molecule has 1 saturated heterocycles. The molecular weight excluding hydrogens is 433 g/mol. The number of hydrazone groups is 1. The number of hydrogen-bond donors (Lipinski definition) is 0. The lowest BCUT2D eigenvalue weighted by Crippen LogP contribution is -2.40. The Balaban J connectivity index is 1.32. The van der Waals surface area contributed by atoms with Crippen molar-refractivity contribution in [2.24, 2.45) is 40.6 Å². The quantitative estimate of drug-likeness (QED) is 0.381. The molecular formula is C24H21Cl2N3O2. The Morgan fingerprint density at radius 2 is 1.68 bits per heavy atom. The van der Waals surface area contributed by atoms with E-state index in [1.54, 1.807) is 12.3 Å². The van der Waals surface area contributed by atoms with Crippen LogP contribution < -0.4 is 0 Å². The van der Waals surface area contributed by atoms with Crippen LogP contribution in [0.15, 0.2) is 41.5 Å². The van der Waals surface area contributed by atoms with Gasteiger partial charge in [0.25, 0.3) is 11.8 Å². The standard InChI is InChI=1S/C24H21Cl2N3O2/c1-11-8-13(12(2)28(11)19-5-3-4-18(25)22(19)26)10-27-29-23(30)20-14-6-7-15(17-9-16(14)17)21(20)24(29)31/h3-8,10,14-17,20-21H,9H2,1-2H3/b27-10-/t14-,15-,16-,17-,20-,21+/m0/s1. The van der Waals surface area contributed by atoms with Gasteiger partial charge in [-0.25, -0.2) is 0 Å². The fraction of sp³-hybridized carbons (Fsp3) is 0.375. The van der Waals surface area contributed by atoms with Crippen LogP contribution in [0.4, 0.5) is 0 Å². The summed E-state index contributed by atoms with van der Waals surface area (Å²) in [7, 11) is 0. The normalized spacial score (nSPS) is 32.8. The lowest BCUT2D eigenvalue weighted by Gasteiger charge is -2.37. The third kappa shape index (κ3) is 2.60. The largest absolute Gasteiger partial charge is 0.316 e. The first-order valence-electron chi connectivity index (χ1n) is 10.6. The molecule has 7 rings (SSSR count). The van der Waals surface area contributed by atoms with Crippen LogP contribution in [0.1, 0.15) is 23.4 Å². The summed E-state index contributed by atoms with van der Waals surface area (Å²) < 4.78 is 2.00. The van der Waals surface area contributed by atoms with Gasteiger partial charge in [0.05, 0.1) is 33.8 Å². The predicted octanol–water partition coefficient (Wildman–Crippen LogP) is 4.79. The maximum Gasteiger partial charge on any atom is 0.254 e. The van der Waals surface area contributed by atoms with E-state index >= 15 is 0 Å². The second-order valence-corrected chi connectivity index (χ2v) is 9.91. The average Bonchev–Trinajstić information content (AvgIpc) is 3.48. The van der Waals surface area contributed by atoms with Crippen molar-refractivity contribution >= 4 is 41.2 Å². The molecule has 0 N–H and O–H groups in total. The number of allylic oxidation sites excluding steroid dienone is 2. The van der Waals surface area contributed by atoms with Gasteiger partial charge in [-0.05, 0) is 62.1 Å². The SMILES string of the molecule is Cc1cc(/C=N\N2C(=O)[C@@H]3[C@H]4C=C[C@@H]([C@@H]5C[C@@H]45)[C@@H]3C2=O)c(C)n1-c1cccc(Cl)c1Cl. The molecule has 0 unspecified atom stereocenters. The maximum atomic E-state index is 13.1. The Hall–Kier alpha value is -2.37. The predicted molar refractivity (Wildman–Crippen MR) is 119 cm³/mol. The third-order valence-electron chi connectivity index (χ3n) is 7.59. The topological polar surface area (TPSA) is 54.7 Å². The second-order valence-electron chi connectivity index (χ2n) is 9.12. The zero-order valence-corrected chi connectivity index (χ0v) is 18.6. The van der Waals surface area contributed by atoms with Gasteiger partial charge in [0.2, 0.25) is 0 Å². The van der Waals surface area contributed by atoms with E-state index in [0.717, 1.165) is 34.1 Å². The molecule has 2 amide bonds. The summed E-state index contributed by atoms with van der Waals surface area (Å²) in [5, 5.41) is 6.45. The van der Waals surface area contributed by atoms with Crippen LogP contribution in [0.5, 0.6) is 0 Å². The molecule has 2 aromatic rings. The van der Waals surface area contributed by atoms with Crippen LogP contribution >= 0.6 is 23.2 Å². The van der Waals surface area contributed by atoms with Gasteiger partial charge in [-0.1, -0.05) is 41.4 Å². The highest BCUT2D eigenvalue weighted by Gasteiger charge is 2.67. The summed E-state index contributed by atoms with van der Waals surface area (Å²) in [6.07, 6.45) is 7.10. The smallest absolute Gasteiger partial charge is 0.254 e. The van der Waals surface area contributed by atoms with Crippen molar-refractivity contribution in [1.29, 1.82) is 0 Å². The van der Waals surface area contributed by atoms with E-state index in [4.69, 9.17) is 23.2 Å². The van der Waals surface area contributed by atoms with Crippen molar-refractivity contribution in [2.75, 3.05) is 0 Å². The van der Waals surface area contributed by atoms with Crippen molar-refractivity contribution < 1.29 is 9.59 Å². The van der Waals surface area contributed by atoms with Crippen molar-refractivity contribution in [3.05, 3.63) is 63.4 Å². The van der Waals surface area contributed by atoms with E-state index in [9.17, 15) is 9.59 Å². The zero-order valence-electron chi connectivity index (χ0n) is 17.1. The van der Waals surface area contributed by atoms with E-state index < -0.39 is 0 Å². The number of aryl methyl sites for hydroxylation is 1. The van der Waals surface area contributed by atoms with Crippen molar-refractivity contribution in [3.63, 3.8) is 0 Å². The van der Waals surface area contributed by atoms with Crippen LogP contribution in [0.2, 0.25) is 10.0 Å². The Labute approximate surface area is 190 Å². The van der Waals surface area contributed by atoms with Gasteiger partial charge in [0, 0.05) is 17.0 Å². The van der Waals surface area contributed by atoms with Gasteiger partial charge < -0.3 is 4.57 Å². The van der Waals surface area contributed by atoms with Crippen LogP contribution in [0.3, 0.4) is 0 Å². The minimum absolute atomic E-state index is 0.150. The Kier molecular flexibility index (Phi) is 4.09. The summed E-state index contributed by atoms with van der Waals surface area (Å²) in [6, 6.07) is 7.47. The van der Waals surface area contributed by atoms with Crippen LogP contribution in [0.25, 0.3) is 5.69 Å². The maximum absolute atomic E-state index is 13.1. The molecule has 3 fully saturated rings. The number of amides is 2. The molecule has 158 valence electrons. The number of hydrogen-bond acceptors (Lipinski definition) is 3. The first-order chi connectivity index (χ1) is 14.9. The zero-order chi connectivity index (χ0) is 21.6. The highest BCUT2D eigenvalue weighted by Crippen LogP contribution is 2.65. The Morgan fingerprint density at radius 1 is 1.03 bits per heavy atom. The molecule has 7 heteroatoms. The van der Waals surface area contributed by atoms with Gasteiger partial charge in [-0.15, -0.1) is 0 Å². The molecule has 1 aromatic carbocycles. The number of imide groups is 1. The molecule has 0 spiro atoms. The van der Waals surface area contributed by atoms with Gasteiger partial charge in [0.1, 0.15) is 0 Å². The third-order valence-corrected chi connectivity index (χ3v) is 8.40. The van der Waals surface area contributed by atoms with Crippen molar-refractivity contribution in [2.45, 2.75) is 20.3 Å². The Bertz CT molecular complexity index is 1180.